The molecule has 2 unspecified atom stereocenters. The fraction of sp³-hybridized carbons (Fsp3) is 0.500. The van der Waals surface area contributed by atoms with Crippen LogP contribution in [-0.2, 0) is 4.79 Å². The molecule has 1 saturated heterocycles. The summed E-state index contributed by atoms with van der Waals surface area (Å²) in [5, 5.41) is 6.24. The monoisotopic (exact) mass is 326 g/mol. The summed E-state index contributed by atoms with van der Waals surface area (Å²) in [6.45, 7) is 2.92. The molecule has 0 saturated carbocycles. The quantitative estimate of drug-likeness (QED) is 0.893. The van der Waals surface area contributed by atoms with Gasteiger partial charge in [-0.1, -0.05) is 6.07 Å². The Bertz CT molecular complexity index is 459. The van der Waals surface area contributed by atoms with Gasteiger partial charge in [0.15, 0.2) is 0 Å². The van der Waals surface area contributed by atoms with Crippen LogP contribution in [0.15, 0.2) is 22.7 Å². The second-order valence-corrected chi connectivity index (χ2v) is 5.63. The van der Waals surface area contributed by atoms with Crippen LogP contribution in [0.25, 0.3) is 0 Å². The van der Waals surface area contributed by atoms with E-state index >= 15 is 0 Å². The Labute approximate surface area is 122 Å². The van der Waals surface area contributed by atoms with E-state index in [0.717, 1.165) is 35.2 Å². The number of benzene rings is 1. The Kier molecular flexibility index (Phi) is 4.82. The lowest BCUT2D eigenvalue weighted by molar-refractivity contribution is -0.123. The minimum absolute atomic E-state index is 0.0166. The molecule has 1 aromatic rings. The zero-order valence-corrected chi connectivity index (χ0v) is 12.8. The van der Waals surface area contributed by atoms with Crippen molar-refractivity contribution < 1.29 is 9.53 Å². The van der Waals surface area contributed by atoms with Crippen LogP contribution in [0.1, 0.15) is 31.4 Å². The molecule has 2 N–H and O–H groups in total. The van der Waals surface area contributed by atoms with E-state index in [1.165, 1.54) is 0 Å². The van der Waals surface area contributed by atoms with E-state index in [-0.39, 0.29) is 18.0 Å². The standard InChI is InChI=1S/C14H19BrN2O2/c1-9(17-14(18)12-4-3-7-16-12)10-5-6-13(19-2)11(15)8-10/h5-6,8-9,12,16H,3-4,7H2,1-2H3,(H,17,18). The number of rotatable bonds is 4. The van der Waals surface area contributed by atoms with Crippen molar-refractivity contribution in [2.45, 2.75) is 31.8 Å². The molecule has 104 valence electrons. The lowest BCUT2D eigenvalue weighted by Crippen LogP contribution is -2.41. The van der Waals surface area contributed by atoms with Gasteiger partial charge in [0.1, 0.15) is 5.75 Å². The molecule has 1 fully saturated rings. The van der Waals surface area contributed by atoms with E-state index in [9.17, 15) is 4.79 Å². The van der Waals surface area contributed by atoms with Crippen molar-refractivity contribution in [2.24, 2.45) is 0 Å². The van der Waals surface area contributed by atoms with E-state index in [0.29, 0.717) is 0 Å². The van der Waals surface area contributed by atoms with Crippen LogP contribution in [0.3, 0.4) is 0 Å². The Morgan fingerprint density at radius 3 is 2.95 bits per heavy atom. The Morgan fingerprint density at radius 2 is 2.37 bits per heavy atom. The molecular weight excluding hydrogens is 308 g/mol. The zero-order valence-electron chi connectivity index (χ0n) is 11.2. The molecule has 19 heavy (non-hydrogen) atoms. The van der Waals surface area contributed by atoms with Gasteiger partial charge >= 0.3 is 0 Å². The average Bonchev–Trinajstić information content (AvgIpc) is 2.92. The highest BCUT2D eigenvalue weighted by atomic mass is 79.9. The molecule has 0 radical (unpaired) electrons. The van der Waals surface area contributed by atoms with Gasteiger partial charge in [-0.3, -0.25) is 4.79 Å². The van der Waals surface area contributed by atoms with Gasteiger partial charge in [0.05, 0.1) is 23.7 Å². The average molecular weight is 327 g/mol. The topological polar surface area (TPSA) is 50.4 Å². The van der Waals surface area contributed by atoms with Gasteiger partial charge in [-0.15, -0.1) is 0 Å². The molecule has 4 nitrogen and oxygen atoms in total. The predicted octanol–water partition coefficient (Wildman–Crippen LogP) is 2.39. The summed E-state index contributed by atoms with van der Waals surface area (Å²) in [7, 11) is 1.64. The van der Waals surface area contributed by atoms with E-state index in [2.05, 4.69) is 26.6 Å². The highest BCUT2D eigenvalue weighted by Crippen LogP contribution is 2.28. The van der Waals surface area contributed by atoms with Crippen LogP contribution in [0.4, 0.5) is 0 Å². The molecule has 1 amide bonds. The zero-order chi connectivity index (χ0) is 13.8. The van der Waals surface area contributed by atoms with Crippen LogP contribution in [0.2, 0.25) is 0 Å². The number of carbonyl (C=O) groups excluding carboxylic acids is 1. The van der Waals surface area contributed by atoms with Crippen LogP contribution >= 0.6 is 15.9 Å². The molecule has 0 aliphatic carbocycles. The summed E-state index contributed by atoms with van der Waals surface area (Å²) in [6, 6.07) is 5.79. The van der Waals surface area contributed by atoms with Gasteiger partial charge in [-0.2, -0.15) is 0 Å². The maximum Gasteiger partial charge on any atom is 0.237 e. The maximum atomic E-state index is 12.0. The van der Waals surface area contributed by atoms with Crippen LogP contribution in [0.5, 0.6) is 5.75 Å². The molecular formula is C14H19BrN2O2. The van der Waals surface area contributed by atoms with Gasteiger partial charge < -0.3 is 15.4 Å². The number of hydrogen-bond acceptors (Lipinski definition) is 3. The summed E-state index contributed by atoms with van der Waals surface area (Å²) >= 11 is 3.46. The molecule has 0 aromatic heterocycles. The summed E-state index contributed by atoms with van der Waals surface area (Å²) in [5.41, 5.74) is 1.05. The van der Waals surface area contributed by atoms with Crippen molar-refractivity contribution in [3.63, 3.8) is 0 Å². The van der Waals surface area contributed by atoms with Crippen molar-refractivity contribution in [3.05, 3.63) is 28.2 Å². The van der Waals surface area contributed by atoms with Gasteiger partial charge in [0, 0.05) is 0 Å². The van der Waals surface area contributed by atoms with Crippen LogP contribution < -0.4 is 15.4 Å². The highest BCUT2D eigenvalue weighted by molar-refractivity contribution is 9.10. The maximum absolute atomic E-state index is 12.0. The van der Waals surface area contributed by atoms with Crippen LogP contribution in [-0.4, -0.2) is 25.6 Å². The number of carbonyl (C=O) groups is 1. The Morgan fingerprint density at radius 1 is 1.58 bits per heavy atom. The van der Waals surface area contributed by atoms with Crippen LogP contribution in [0, 0.1) is 0 Å². The number of amides is 1. The smallest absolute Gasteiger partial charge is 0.237 e. The van der Waals surface area contributed by atoms with E-state index in [1.807, 2.05) is 25.1 Å². The minimum Gasteiger partial charge on any atom is -0.496 e. The fourth-order valence-electron chi connectivity index (χ4n) is 2.26. The number of hydrogen-bond donors (Lipinski definition) is 2. The van der Waals surface area contributed by atoms with Gasteiger partial charge in [0.25, 0.3) is 0 Å². The Balaban J connectivity index is 2.00. The first kappa shape index (κ1) is 14.3. The van der Waals surface area contributed by atoms with Crippen molar-refractivity contribution in [2.75, 3.05) is 13.7 Å². The third-order valence-corrected chi connectivity index (χ3v) is 4.03. The number of nitrogens with one attached hydrogen (secondary N) is 2. The number of methoxy groups -OCH3 is 1. The molecule has 1 heterocycles. The summed E-state index contributed by atoms with van der Waals surface area (Å²) in [6.07, 6.45) is 1.99. The predicted molar refractivity (Wildman–Crippen MR) is 78.3 cm³/mol. The fourth-order valence-corrected chi connectivity index (χ4v) is 2.82. The van der Waals surface area contributed by atoms with E-state index < -0.39 is 0 Å². The molecule has 1 aliphatic heterocycles. The first-order chi connectivity index (χ1) is 9.11. The summed E-state index contributed by atoms with van der Waals surface area (Å²) in [5.74, 6) is 0.872. The molecule has 2 rings (SSSR count). The first-order valence-corrected chi connectivity index (χ1v) is 7.28. The van der Waals surface area contributed by atoms with Gasteiger partial charge in [0.2, 0.25) is 5.91 Å². The third-order valence-electron chi connectivity index (χ3n) is 3.41. The van der Waals surface area contributed by atoms with Crippen molar-refractivity contribution in [1.82, 2.24) is 10.6 Å². The number of halogens is 1. The van der Waals surface area contributed by atoms with Gasteiger partial charge in [-0.05, 0) is 59.9 Å². The second-order valence-electron chi connectivity index (χ2n) is 4.77. The van der Waals surface area contributed by atoms with Crippen molar-refractivity contribution in [3.8, 4) is 5.75 Å². The largest absolute Gasteiger partial charge is 0.496 e. The van der Waals surface area contributed by atoms with E-state index in [4.69, 9.17) is 4.74 Å². The van der Waals surface area contributed by atoms with Gasteiger partial charge in [-0.25, -0.2) is 0 Å². The highest BCUT2D eigenvalue weighted by Gasteiger charge is 2.23. The molecule has 0 bridgehead atoms. The van der Waals surface area contributed by atoms with Crippen molar-refractivity contribution in [1.29, 1.82) is 0 Å². The molecule has 5 heteroatoms. The summed E-state index contributed by atoms with van der Waals surface area (Å²) in [4.78, 5) is 12.0. The SMILES string of the molecule is COc1ccc(C(C)NC(=O)C2CCCN2)cc1Br. The second kappa shape index (κ2) is 6.39. The molecule has 2 atom stereocenters. The summed E-state index contributed by atoms with van der Waals surface area (Å²) < 4.78 is 6.09. The first-order valence-electron chi connectivity index (χ1n) is 6.49. The Hall–Kier alpha value is -1.07. The lowest BCUT2D eigenvalue weighted by Gasteiger charge is -2.18. The number of ether oxygens (including phenoxy) is 1. The van der Waals surface area contributed by atoms with E-state index in [1.54, 1.807) is 7.11 Å². The molecule has 1 aliphatic rings. The molecule has 1 aromatic carbocycles. The molecule has 0 spiro atoms. The normalized spacial score (nSPS) is 20.1. The minimum atomic E-state index is -0.0378. The lowest BCUT2D eigenvalue weighted by atomic mass is 10.1. The third kappa shape index (κ3) is 3.48. The van der Waals surface area contributed by atoms with Crippen molar-refractivity contribution >= 4 is 21.8 Å².